The molecule has 0 unspecified atom stereocenters. The van der Waals surface area contributed by atoms with Crippen LogP contribution in [0, 0.1) is 6.92 Å². The van der Waals surface area contributed by atoms with Gasteiger partial charge in [-0.25, -0.2) is 0 Å². The van der Waals surface area contributed by atoms with E-state index in [1.165, 1.54) is 11.2 Å². The van der Waals surface area contributed by atoms with Crippen molar-refractivity contribution in [1.29, 1.82) is 0 Å². The number of carbonyl (C=O) groups is 2. The molecular weight excluding hydrogens is 490 g/mol. The van der Waals surface area contributed by atoms with Crippen LogP contribution in [0.2, 0.25) is 5.02 Å². The van der Waals surface area contributed by atoms with Gasteiger partial charge < -0.3 is 19.2 Å². The Hall–Kier alpha value is -4.29. The van der Waals surface area contributed by atoms with Crippen molar-refractivity contribution in [2.75, 3.05) is 0 Å². The first kappa shape index (κ1) is 24.4. The highest BCUT2D eigenvalue weighted by Gasteiger charge is 2.46. The summed E-state index contributed by atoms with van der Waals surface area (Å²) in [5.74, 6) is -0.628. The normalized spacial score (nSPS) is 16.8. The van der Waals surface area contributed by atoms with Gasteiger partial charge in [0.2, 0.25) is 0 Å². The van der Waals surface area contributed by atoms with Crippen LogP contribution < -0.4 is 4.74 Å². The molecule has 5 rings (SSSR count). The zero-order valence-corrected chi connectivity index (χ0v) is 20.8. The van der Waals surface area contributed by atoms with E-state index < -0.39 is 17.7 Å². The molecule has 0 saturated carbocycles. The first-order valence-electron chi connectivity index (χ1n) is 11.8. The Morgan fingerprint density at radius 1 is 1.00 bits per heavy atom. The first-order chi connectivity index (χ1) is 17.9. The Balaban J connectivity index is 1.47. The van der Waals surface area contributed by atoms with Crippen molar-refractivity contribution in [2.24, 2.45) is 0 Å². The van der Waals surface area contributed by atoms with Crippen molar-refractivity contribution in [2.45, 2.75) is 26.1 Å². The smallest absolute Gasteiger partial charge is 0.296 e. The number of aliphatic hydroxyl groups is 1. The third-order valence-electron chi connectivity index (χ3n) is 6.23. The second kappa shape index (κ2) is 10.4. The van der Waals surface area contributed by atoms with Gasteiger partial charge in [0, 0.05) is 10.6 Å². The average molecular weight is 514 g/mol. The number of hydrogen-bond donors (Lipinski definition) is 1. The van der Waals surface area contributed by atoms with Crippen molar-refractivity contribution in [3.8, 4) is 5.75 Å². The molecule has 7 heteroatoms. The van der Waals surface area contributed by atoms with Gasteiger partial charge >= 0.3 is 0 Å². The molecule has 186 valence electrons. The van der Waals surface area contributed by atoms with Crippen LogP contribution in [0.1, 0.15) is 34.1 Å². The standard InChI is InChI=1S/C30H24ClNO5/c1-19-5-2-6-20(15-19)18-37-24-12-10-21(11-13-24)28(33)26-27(22-7-3-8-23(31)16-22)32(30(35)29(26)34)17-25-9-4-14-36-25/h2-16,27,33H,17-18H2,1H3/t27-/m1/s1. The first-order valence-corrected chi connectivity index (χ1v) is 12.1. The molecule has 1 atom stereocenters. The van der Waals surface area contributed by atoms with Crippen LogP contribution in [0.4, 0.5) is 0 Å². The fourth-order valence-corrected chi connectivity index (χ4v) is 4.67. The molecule has 1 aliphatic heterocycles. The highest BCUT2D eigenvalue weighted by molar-refractivity contribution is 6.46. The van der Waals surface area contributed by atoms with E-state index in [0.29, 0.717) is 34.3 Å². The number of benzene rings is 3. The Bertz CT molecular complexity index is 1470. The molecule has 2 heterocycles. The summed E-state index contributed by atoms with van der Waals surface area (Å²) >= 11 is 6.23. The lowest BCUT2D eigenvalue weighted by Crippen LogP contribution is -2.29. The lowest BCUT2D eigenvalue weighted by molar-refractivity contribution is -0.140. The Morgan fingerprint density at radius 2 is 1.78 bits per heavy atom. The number of carbonyl (C=O) groups excluding carboxylic acids is 2. The molecule has 6 nitrogen and oxygen atoms in total. The predicted octanol–water partition coefficient (Wildman–Crippen LogP) is 6.44. The molecule has 0 radical (unpaired) electrons. The number of Topliss-reactive ketones (excluding diaryl/α,β-unsaturated/α-hetero) is 1. The number of furan rings is 1. The second-order valence-corrected chi connectivity index (χ2v) is 9.30. The van der Waals surface area contributed by atoms with Gasteiger partial charge in [0.25, 0.3) is 11.7 Å². The Labute approximate surface area is 219 Å². The number of hydrogen-bond acceptors (Lipinski definition) is 5. The number of nitrogens with zero attached hydrogens (tertiary/aromatic N) is 1. The third kappa shape index (κ3) is 5.15. The number of aryl methyl sites for hydroxylation is 1. The molecular formula is C30H24ClNO5. The van der Waals surface area contributed by atoms with Gasteiger partial charge in [0.15, 0.2) is 0 Å². The van der Waals surface area contributed by atoms with Gasteiger partial charge in [-0.1, -0.05) is 53.6 Å². The average Bonchev–Trinajstić information content (AvgIpc) is 3.50. The monoisotopic (exact) mass is 513 g/mol. The van der Waals surface area contributed by atoms with Crippen LogP contribution in [-0.4, -0.2) is 21.7 Å². The van der Waals surface area contributed by atoms with Gasteiger partial charge in [-0.3, -0.25) is 9.59 Å². The summed E-state index contributed by atoms with van der Waals surface area (Å²) < 4.78 is 11.3. The highest BCUT2D eigenvalue weighted by Crippen LogP contribution is 2.41. The number of amides is 1. The van der Waals surface area contributed by atoms with Crippen molar-refractivity contribution >= 4 is 29.1 Å². The van der Waals surface area contributed by atoms with E-state index in [1.54, 1.807) is 60.7 Å². The minimum atomic E-state index is -0.832. The number of halogens is 1. The maximum atomic E-state index is 13.2. The lowest BCUT2D eigenvalue weighted by Gasteiger charge is -2.24. The molecule has 1 N–H and O–H groups in total. The van der Waals surface area contributed by atoms with Crippen molar-refractivity contribution in [1.82, 2.24) is 4.90 Å². The molecule has 1 aromatic heterocycles. The van der Waals surface area contributed by atoms with E-state index in [2.05, 4.69) is 6.07 Å². The van der Waals surface area contributed by atoms with Gasteiger partial charge in [0.05, 0.1) is 24.4 Å². The number of likely N-dealkylation sites (tertiary alicyclic amines) is 1. The summed E-state index contributed by atoms with van der Waals surface area (Å²) in [6.45, 7) is 2.49. The number of aliphatic hydroxyl groups excluding tert-OH is 1. The van der Waals surface area contributed by atoms with Gasteiger partial charge in [0.1, 0.15) is 23.9 Å². The largest absolute Gasteiger partial charge is 0.507 e. The van der Waals surface area contributed by atoms with E-state index in [4.69, 9.17) is 20.8 Å². The molecule has 0 bridgehead atoms. The van der Waals surface area contributed by atoms with Gasteiger partial charge in [-0.15, -0.1) is 0 Å². The van der Waals surface area contributed by atoms with E-state index in [-0.39, 0.29) is 17.9 Å². The molecule has 4 aromatic rings. The topological polar surface area (TPSA) is 80.0 Å². The van der Waals surface area contributed by atoms with Crippen LogP contribution in [0.25, 0.3) is 5.76 Å². The molecule has 0 aliphatic carbocycles. The highest BCUT2D eigenvalue weighted by atomic mass is 35.5. The van der Waals surface area contributed by atoms with Crippen LogP contribution >= 0.6 is 11.6 Å². The molecule has 0 spiro atoms. The summed E-state index contributed by atoms with van der Waals surface area (Å²) in [4.78, 5) is 27.7. The second-order valence-electron chi connectivity index (χ2n) is 8.86. The zero-order valence-electron chi connectivity index (χ0n) is 20.1. The molecule has 1 saturated heterocycles. The van der Waals surface area contributed by atoms with Crippen LogP contribution in [0.15, 0.2) is 101 Å². The predicted molar refractivity (Wildman–Crippen MR) is 140 cm³/mol. The molecule has 37 heavy (non-hydrogen) atoms. The van der Waals surface area contributed by atoms with E-state index in [9.17, 15) is 14.7 Å². The Kier molecular flexibility index (Phi) is 6.84. The van der Waals surface area contributed by atoms with Crippen molar-refractivity contribution in [3.05, 3.63) is 130 Å². The lowest BCUT2D eigenvalue weighted by atomic mass is 9.95. The van der Waals surface area contributed by atoms with Crippen LogP contribution in [-0.2, 0) is 22.7 Å². The number of ether oxygens (including phenoxy) is 1. The third-order valence-corrected chi connectivity index (χ3v) is 6.46. The fourth-order valence-electron chi connectivity index (χ4n) is 4.47. The van der Waals surface area contributed by atoms with Crippen LogP contribution in [0.5, 0.6) is 5.75 Å². The summed E-state index contributed by atoms with van der Waals surface area (Å²) in [6.07, 6.45) is 1.50. The summed E-state index contributed by atoms with van der Waals surface area (Å²) in [5.41, 5.74) is 3.19. The summed E-state index contributed by atoms with van der Waals surface area (Å²) in [6, 6.07) is 24.3. The maximum Gasteiger partial charge on any atom is 0.296 e. The Morgan fingerprint density at radius 3 is 2.49 bits per heavy atom. The molecule has 1 fully saturated rings. The van der Waals surface area contributed by atoms with E-state index >= 15 is 0 Å². The zero-order chi connectivity index (χ0) is 25.9. The van der Waals surface area contributed by atoms with E-state index in [1.807, 2.05) is 25.1 Å². The fraction of sp³-hybridized carbons (Fsp3) is 0.133. The maximum absolute atomic E-state index is 13.2. The number of ketones is 1. The van der Waals surface area contributed by atoms with Crippen molar-refractivity contribution < 1.29 is 23.8 Å². The molecule has 3 aromatic carbocycles. The quantitative estimate of drug-likeness (QED) is 0.175. The SMILES string of the molecule is Cc1cccc(COc2ccc(C(O)=C3C(=O)C(=O)N(Cc4ccco4)[C@@H]3c3cccc(Cl)c3)cc2)c1. The summed E-state index contributed by atoms with van der Waals surface area (Å²) in [7, 11) is 0. The number of rotatable bonds is 7. The van der Waals surface area contributed by atoms with Gasteiger partial charge in [-0.05, 0) is 66.6 Å². The van der Waals surface area contributed by atoms with Gasteiger partial charge in [-0.2, -0.15) is 0 Å². The summed E-state index contributed by atoms with van der Waals surface area (Å²) in [5, 5.41) is 11.7. The molecule has 1 aliphatic rings. The minimum Gasteiger partial charge on any atom is -0.507 e. The van der Waals surface area contributed by atoms with Crippen LogP contribution in [0.3, 0.4) is 0 Å². The molecule has 1 amide bonds. The van der Waals surface area contributed by atoms with E-state index in [0.717, 1.165) is 11.1 Å². The minimum absolute atomic E-state index is 0.00717. The van der Waals surface area contributed by atoms with Crippen molar-refractivity contribution in [3.63, 3.8) is 0 Å².